The summed E-state index contributed by atoms with van der Waals surface area (Å²) in [5, 5.41) is 23.3. The van der Waals surface area contributed by atoms with E-state index in [9.17, 15) is 19.8 Å². The summed E-state index contributed by atoms with van der Waals surface area (Å²) < 4.78 is 5.48. The van der Waals surface area contributed by atoms with Crippen molar-refractivity contribution in [1.29, 1.82) is 0 Å². The van der Waals surface area contributed by atoms with Crippen LogP contribution in [0.25, 0.3) is 0 Å². The minimum absolute atomic E-state index is 0.00182. The number of unbranched alkanes of at least 4 members (excludes halogenated alkanes) is 50. The zero-order valence-electron chi connectivity index (χ0n) is 52.0. The van der Waals surface area contributed by atoms with Gasteiger partial charge in [0.25, 0.3) is 0 Å². The maximum Gasteiger partial charge on any atom is 0.305 e. The Balaban J connectivity index is 3.39. The van der Waals surface area contributed by atoms with E-state index in [2.05, 4.69) is 43.5 Å². The first-order chi connectivity index (χ1) is 38.0. The highest BCUT2D eigenvalue weighted by atomic mass is 16.5. The summed E-state index contributed by atoms with van der Waals surface area (Å²) in [6, 6.07) is -0.627. The van der Waals surface area contributed by atoms with Crippen molar-refractivity contribution in [2.75, 3.05) is 13.2 Å². The summed E-state index contributed by atoms with van der Waals surface area (Å²) in [4.78, 5) is 24.6. The average molecular weight is 1080 g/mol. The molecule has 0 bridgehead atoms. The van der Waals surface area contributed by atoms with Gasteiger partial charge in [-0.05, 0) is 57.8 Å². The van der Waals surface area contributed by atoms with Gasteiger partial charge in [0, 0.05) is 12.8 Å². The molecule has 6 heteroatoms. The van der Waals surface area contributed by atoms with Crippen LogP contribution in [0.1, 0.15) is 380 Å². The summed E-state index contributed by atoms with van der Waals surface area (Å²) in [5.41, 5.74) is 0. The summed E-state index contributed by atoms with van der Waals surface area (Å²) in [7, 11) is 0. The molecule has 0 rings (SSSR count). The van der Waals surface area contributed by atoms with Gasteiger partial charge in [-0.3, -0.25) is 9.59 Å². The Bertz CT molecular complexity index is 1250. The van der Waals surface area contributed by atoms with E-state index in [1.165, 1.54) is 302 Å². The summed E-state index contributed by atoms with van der Waals surface area (Å²) in [6.07, 6.45) is 85.0. The van der Waals surface area contributed by atoms with E-state index in [1.807, 2.05) is 6.08 Å². The molecular formula is C71H135NO5. The quantitative estimate of drug-likeness (QED) is 0.0320. The lowest BCUT2D eigenvalue weighted by Crippen LogP contribution is -2.45. The Morgan fingerprint density at radius 2 is 0.675 bits per heavy atom. The Morgan fingerprint density at radius 1 is 0.364 bits per heavy atom. The number of hydrogen-bond donors (Lipinski definition) is 3. The molecule has 2 unspecified atom stereocenters. The number of aliphatic hydroxyl groups is 2. The molecule has 454 valence electrons. The first-order valence-electron chi connectivity index (χ1n) is 34.8. The van der Waals surface area contributed by atoms with Gasteiger partial charge in [0.1, 0.15) is 0 Å². The number of allylic oxidation sites excluding steroid dienone is 5. The van der Waals surface area contributed by atoms with Crippen LogP contribution in [0.2, 0.25) is 0 Å². The summed E-state index contributed by atoms with van der Waals surface area (Å²) >= 11 is 0. The zero-order valence-corrected chi connectivity index (χ0v) is 52.0. The molecular weight excluding hydrogens is 947 g/mol. The minimum Gasteiger partial charge on any atom is -0.466 e. The Labute approximate surface area is 481 Å². The van der Waals surface area contributed by atoms with Gasteiger partial charge in [0.15, 0.2) is 0 Å². The number of nitrogens with one attached hydrogen (secondary N) is 1. The smallest absolute Gasteiger partial charge is 0.305 e. The van der Waals surface area contributed by atoms with Crippen molar-refractivity contribution in [2.45, 2.75) is 392 Å². The first kappa shape index (κ1) is 75.1. The van der Waals surface area contributed by atoms with Crippen LogP contribution in [-0.4, -0.2) is 47.4 Å². The van der Waals surface area contributed by atoms with Crippen LogP contribution in [0.5, 0.6) is 0 Å². The molecule has 0 saturated heterocycles. The van der Waals surface area contributed by atoms with Crippen molar-refractivity contribution >= 4 is 11.9 Å². The minimum atomic E-state index is -0.844. The SMILES string of the molecule is CCC/C=C\C/C=C\CCCCCCCC(=O)OCCCCCCCCCCCCCCCCCCCCCCCCCCCCC(=O)NC(CO)C(O)/C=C/CCCCCCCCCCCCCCCCCCCCC. The molecule has 0 aromatic carbocycles. The highest BCUT2D eigenvalue weighted by Gasteiger charge is 2.18. The van der Waals surface area contributed by atoms with E-state index in [0.717, 1.165) is 51.4 Å². The van der Waals surface area contributed by atoms with Crippen molar-refractivity contribution < 1.29 is 24.5 Å². The van der Waals surface area contributed by atoms with Crippen molar-refractivity contribution in [3.05, 3.63) is 36.5 Å². The molecule has 0 spiro atoms. The normalized spacial score (nSPS) is 12.7. The van der Waals surface area contributed by atoms with Crippen LogP contribution in [-0.2, 0) is 14.3 Å². The van der Waals surface area contributed by atoms with Crippen molar-refractivity contribution in [2.24, 2.45) is 0 Å². The molecule has 0 saturated carbocycles. The fourth-order valence-electron chi connectivity index (χ4n) is 10.9. The van der Waals surface area contributed by atoms with Crippen molar-refractivity contribution in [3.8, 4) is 0 Å². The topological polar surface area (TPSA) is 95.9 Å². The van der Waals surface area contributed by atoms with E-state index in [1.54, 1.807) is 6.08 Å². The highest BCUT2D eigenvalue weighted by molar-refractivity contribution is 5.76. The van der Waals surface area contributed by atoms with Gasteiger partial charge >= 0.3 is 5.97 Å². The van der Waals surface area contributed by atoms with E-state index in [-0.39, 0.29) is 18.5 Å². The fraction of sp³-hybridized carbons (Fsp3) is 0.887. The molecule has 77 heavy (non-hydrogen) atoms. The monoisotopic (exact) mass is 1080 g/mol. The molecule has 1 amide bonds. The van der Waals surface area contributed by atoms with Crippen LogP contribution in [0, 0.1) is 0 Å². The van der Waals surface area contributed by atoms with Gasteiger partial charge in [-0.25, -0.2) is 0 Å². The van der Waals surface area contributed by atoms with Gasteiger partial charge in [-0.2, -0.15) is 0 Å². The van der Waals surface area contributed by atoms with Crippen LogP contribution < -0.4 is 5.32 Å². The molecule has 0 aliphatic carbocycles. The van der Waals surface area contributed by atoms with Gasteiger partial charge in [-0.1, -0.05) is 346 Å². The second-order valence-electron chi connectivity index (χ2n) is 23.9. The Kier molecular flexibility index (Phi) is 64.9. The number of hydrogen-bond acceptors (Lipinski definition) is 5. The van der Waals surface area contributed by atoms with Crippen LogP contribution in [0.3, 0.4) is 0 Å². The highest BCUT2D eigenvalue weighted by Crippen LogP contribution is 2.19. The Hall–Kier alpha value is -1.92. The molecule has 0 aliphatic heterocycles. The Morgan fingerprint density at radius 3 is 1.04 bits per heavy atom. The molecule has 6 nitrogen and oxygen atoms in total. The number of carbonyl (C=O) groups is 2. The van der Waals surface area contributed by atoms with Crippen molar-refractivity contribution in [1.82, 2.24) is 5.32 Å². The third-order valence-electron chi connectivity index (χ3n) is 16.1. The molecule has 0 radical (unpaired) electrons. The van der Waals surface area contributed by atoms with Gasteiger partial charge in [0.05, 0.1) is 25.4 Å². The standard InChI is InChI=1S/C71H135NO5/c1-3-5-7-9-11-13-15-17-18-19-20-27-30-33-36-40-43-47-51-55-59-63-69(74)68(67-73)72-70(75)64-60-56-52-48-44-41-37-34-31-28-25-23-21-22-24-26-29-32-35-38-42-46-50-54-58-62-66-77-71(76)65-61-57-53-49-45-39-16-14-12-10-8-6-4-2/h8,10,14,16,59,63,68-69,73-74H,3-7,9,11-13,15,17-58,60-62,64-67H2,1-2H3,(H,72,75)/b10-8-,16-14-,63-59+. The molecule has 0 aliphatic rings. The molecule has 0 aromatic rings. The van der Waals surface area contributed by atoms with Gasteiger partial charge in [-0.15, -0.1) is 0 Å². The number of amides is 1. The summed E-state index contributed by atoms with van der Waals surface area (Å²) in [5.74, 6) is -0.0604. The lowest BCUT2D eigenvalue weighted by molar-refractivity contribution is -0.143. The second-order valence-corrected chi connectivity index (χ2v) is 23.9. The third-order valence-corrected chi connectivity index (χ3v) is 16.1. The lowest BCUT2D eigenvalue weighted by Gasteiger charge is -2.20. The number of aliphatic hydroxyl groups excluding tert-OH is 2. The number of esters is 1. The van der Waals surface area contributed by atoms with E-state index < -0.39 is 12.1 Å². The van der Waals surface area contributed by atoms with Crippen LogP contribution in [0.4, 0.5) is 0 Å². The summed E-state index contributed by atoms with van der Waals surface area (Å²) in [6.45, 7) is 4.87. The van der Waals surface area contributed by atoms with Crippen LogP contribution in [0.15, 0.2) is 36.5 Å². The second kappa shape index (κ2) is 66.6. The van der Waals surface area contributed by atoms with E-state index >= 15 is 0 Å². The fourth-order valence-corrected chi connectivity index (χ4v) is 10.9. The largest absolute Gasteiger partial charge is 0.466 e. The first-order valence-corrected chi connectivity index (χ1v) is 34.8. The molecule has 2 atom stereocenters. The zero-order chi connectivity index (χ0) is 55.7. The van der Waals surface area contributed by atoms with E-state index in [4.69, 9.17) is 4.74 Å². The van der Waals surface area contributed by atoms with Crippen LogP contribution >= 0.6 is 0 Å². The van der Waals surface area contributed by atoms with Gasteiger partial charge in [0.2, 0.25) is 5.91 Å². The van der Waals surface area contributed by atoms with E-state index in [0.29, 0.717) is 19.4 Å². The number of rotatable bonds is 65. The van der Waals surface area contributed by atoms with Gasteiger partial charge < -0.3 is 20.3 Å². The predicted octanol–water partition coefficient (Wildman–Crippen LogP) is 22.3. The molecule has 0 fully saturated rings. The molecule has 0 heterocycles. The predicted molar refractivity (Wildman–Crippen MR) is 338 cm³/mol. The maximum absolute atomic E-state index is 12.5. The van der Waals surface area contributed by atoms with Crippen molar-refractivity contribution in [3.63, 3.8) is 0 Å². The molecule has 0 aromatic heterocycles. The maximum atomic E-state index is 12.5. The number of ether oxygens (including phenoxy) is 1. The lowest BCUT2D eigenvalue weighted by atomic mass is 10.0. The molecule has 3 N–H and O–H groups in total. The number of carbonyl (C=O) groups excluding carboxylic acids is 2. The third kappa shape index (κ3) is 63.1. The average Bonchev–Trinajstić information content (AvgIpc) is 3.43.